The van der Waals surface area contributed by atoms with Crippen LogP contribution in [0.3, 0.4) is 0 Å². The van der Waals surface area contributed by atoms with E-state index in [-0.39, 0.29) is 18.8 Å². The van der Waals surface area contributed by atoms with Gasteiger partial charge < -0.3 is 19.2 Å². The first-order chi connectivity index (χ1) is 14.2. The number of ether oxygens (including phenoxy) is 3. The maximum Gasteiger partial charge on any atom is 0.323 e. The van der Waals surface area contributed by atoms with Crippen LogP contribution < -0.4 is 9.47 Å². The average Bonchev–Trinajstić information content (AvgIpc) is 3.36. The maximum absolute atomic E-state index is 12.7. The van der Waals surface area contributed by atoms with Crippen LogP contribution in [0.2, 0.25) is 0 Å². The first kappa shape index (κ1) is 18.3. The molecule has 0 radical (unpaired) electrons. The number of carbonyl (C=O) groups excluding carboxylic acids is 1. The van der Waals surface area contributed by atoms with Crippen LogP contribution in [-0.2, 0) is 16.0 Å². The number of benzene rings is 2. The van der Waals surface area contributed by atoms with Crippen LogP contribution in [0.4, 0.5) is 0 Å². The van der Waals surface area contributed by atoms with Crippen molar-refractivity contribution >= 4 is 28.5 Å². The van der Waals surface area contributed by atoms with E-state index in [9.17, 15) is 4.79 Å². The largest absolute Gasteiger partial charge is 0.468 e. The molecule has 150 valence electrons. The van der Waals surface area contributed by atoms with Crippen molar-refractivity contribution in [3.63, 3.8) is 0 Å². The summed E-state index contributed by atoms with van der Waals surface area (Å²) in [6, 6.07) is 13.5. The van der Waals surface area contributed by atoms with Gasteiger partial charge in [-0.15, -0.1) is 11.6 Å². The topological polar surface area (TPSA) is 63.8 Å². The number of H-pyrrole nitrogens is 1. The molecule has 3 aromatic rings. The molecule has 2 aliphatic rings. The Kier molecular flexibility index (Phi) is 4.60. The van der Waals surface area contributed by atoms with Crippen LogP contribution in [0.5, 0.6) is 11.5 Å². The van der Waals surface area contributed by atoms with Gasteiger partial charge in [-0.05, 0) is 29.3 Å². The first-order valence-electron chi connectivity index (χ1n) is 9.60. The lowest BCUT2D eigenvalue weighted by Gasteiger charge is -2.40. The first-order valence-corrected chi connectivity index (χ1v) is 10.1. The van der Waals surface area contributed by atoms with Gasteiger partial charge in [-0.25, -0.2) is 0 Å². The number of esters is 1. The van der Waals surface area contributed by atoms with Crippen molar-refractivity contribution in [1.82, 2.24) is 9.88 Å². The van der Waals surface area contributed by atoms with Gasteiger partial charge in [0.2, 0.25) is 6.79 Å². The minimum Gasteiger partial charge on any atom is -0.468 e. The Morgan fingerprint density at radius 2 is 2.07 bits per heavy atom. The molecule has 0 bridgehead atoms. The summed E-state index contributed by atoms with van der Waals surface area (Å²) in [4.78, 5) is 18.4. The van der Waals surface area contributed by atoms with Crippen LogP contribution in [-0.4, -0.2) is 48.2 Å². The number of methoxy groups -OCH3 is 1. The van der Waals surface area contributed by atoms with Gasteiger partial charge in [-0.1, -0.05) is 24.3 Å². The molecule has 0 fully saturated rings. The Labute approximate surface area is 173 Å². The van der Waals surface area contributed by atoms with Crippen LogP contribution >= 0.6 is 11.6 Å². The van der Waals surface area contributed by atoms with Crippen molar-refractivity contribution in [3.05, 3.63) is 59.3 Å². The summed E-state index contributed by atoms with van der Waals surface area (Å²) in [6.45, 7) is 0.770. The quantitative estimate of drug-likeness (QED) is 0.523. The highest BCUT2D eigenvalue weighted by molar-refractivity contribution is 6.18. The minimum atomic E-state index is -0.416. The molecule has 0 saturated carbocycles. The molecule has 5 rings (SSSR count). The van der Waals surface area contributed by atoms with Gasteiger partial charge >= 0.3 is 5.97 Å². The standard InChI is InChI=1S/C22H21ClN2O4/c1-27-22(26)17-11-15-14-4-2-3-5-16(14)24-20(15)21(25(17)9-8-23)13-6-7-18-19(10-13)29-12-28-18/h2-7,10,17,21,24H,8-9,11-12H2,1H3/t17-,21+/m1/s1. The number of nitrogens with one attached hydrogen (secondary N) is 1. The minimum absolute atomic E-state index is 0.177. The smallest absolute Gasteiger partial charge is 0.323 e. The summed E-state index contributed by atoms with van der Waals surface area (Å²) < 4.78 is 16.2. The summed E-state index contributed by atoms with van der Waals surface area (Å²) in [5.41, 5.74) is 4.29. The number of aromatic nitrogens is 1. The van der Waals surface area contributed by atoms with Gasteiger partial charge in [0.1, 0.15) is 6.04 Å². The highest BCUT2D eigenvalue weighted by atomic mass is 35.5. The van der Waals surface area contributed by atoms with Gasteiger partial charge in [-0.2, -0.15) is 0 Å². The molecule has 1 N–H and O–H groups in total. The fraction of sp³-hybridized carbons (Fsp3) is 0.318. The van der Waals surface area contributed by atoms with Crippen molar-refractivity contribution in [2.45, 2.75) is 18.5 Å². The van der Waals surface area contributed by atoms with Gasteiger partial charge in [0, 0.05) is 35.4 Å². The SMILES string of the molecule is COC(=O)[C@H]1Cc2c([nH]c3ccccc23)[C@H](c2ccc3c(c2)OCO3)N1CCCl. The van der Waals surface area contributed by atoms with E-state index < -0.39 is 6.04 Å². The zero-order chi connectivity index (χ0) is 20.0. The lowest BCUT2D eigenvalue weighted by Crippen LogP contribution is -2.49. The number of nitrogens with zero attached hydrogens (tertiary/aromatic N) is 1. The predicted molar refractivity (Wildman–Crippen MR) is 110 cm³/mol. The fourth-order valence-corrected chi connectivity index (χ4v) is 4.70. The van der Waals surface area contributed by atoms with E-state index in [2.05, 4.69) is 22.0 Å². The Balaban J connectivity index is 1.71. The zero-order valence-electron chi connectivity index (χ0n) is 16.0. The monoisotopic (exact) mass is 412 g/mol. The van der Waals surface area contributed by atoms with Gasteiger partial charge in [0.05, 0.1) is 13.2 Å². The highest BCUT2D eigenvalue weighted by Gasteiger charge is 2.41. The van der Waals surface area contributed by atoms with E-state index in [0.717, 1.165) is 33.5 Å². The number of hydrogen-bond acceptors (Lipinski definition) is 5. The van der Waals surface area contributed by atoms with E-state index in [4.69, 9.17) is 25.8 Å². The number of aromatic amines is 1. The molecule has 3 heterocycles. The van der Waals surface area contributed by atoms with Crippen molar-refractivity contribution < 1.29 is 19.0 Å². The molecule has 6 nitrogen and oxygen atoms in total. The summed E-state index contributed by atoms with van der Waals surface area (Å²) in [6.07, 6.45) is 0.573. The molecule has 0 aliphatic carbocycles. The van der Waals surface area contributed by atoms with Crippen LogP contribution in [0.25, 0.3) is 10.9 Å². The molecule has 0 saturated heterocycles. The molecule has 2 aromatic carbocycles. The van der Waals surface area contributed by atoms with E-state index in [1.807, 2.05) is 30.3 Å². The van der Waals surface area contributed by atoms with Crippen LogP contribution in [0, 0.1) is 0 Å². The third-order valence-corrected chi connectivity index (χ3v) is 5.95. The van der Waals surface area contributed by atoms with Crippen LogP contribution in [0.1, 0.15) is 22.9 Å². The third kappa shape index (κ3) is 2.94. The van der Waals surface area contributed by atoms with Crippen molar-refractivity contribution in [3.8, 4) is 11.5 Å². The number of halogens is 1. The summed E-state index contributed by atoms with van der Waals surface area (Å²) in [5.74, 6) is 1.60. The van der Waals surface area contributed by atoms with E-state index in [0.29, 0.717) is 24.6 Å². The number of alkyl halides is 1. The number of fused-ring (bicyclic) bond motifs is 4. The summed E-state index contributed by atoms with van der Waals surface area (Å²) in [5, 5.41) is 1.13. The Bertz CT molecular complexity index is 1080. The number of rotatable bonds is 4. The normalized spacial score (nSPS) is 20.6. The zero-order valence-corrected chi connectivity index (χ0v) is 16.7. The summed E-state index contributed by atoms with van der Waals surface area (Å²) in [7, 11) is 1.43. The van der Waals surface area contributed by atoms with Gasteiger partial charge in [0.15, 0.2) is 11.5 Å². The van der Waals surface area contributed by atoms with Crippen LogP contribution in [0.15, 0.2) is 42.5 Å². The Morgan fingerprint density at radius 3 is 2.90 bits per heavy atom. The Morgan fingerprint density at radius 1 is 1.24 bits per heavy atom. The number of carbonyl (C=O) groups is 1. The molecule has 0 unspecified atom stereocenters. The molecule has 1 aromatic heterocycles. The second-order valence-corrected chi connectivity index (χ2v) is 7.63. The lowest BCUT2D eigenvalue weighted by molar-refractivity contribution is -0.148. The van der Waals surface area contributed by atoms with Gasteiger partial charge in [-0.3, -0.25) is 9.69 Å². The Hall–Kier alpha value is -2.70. The average molecular weight is 413 g/mol. The van der Waals surface area contributed by atoms with E-state index in [1.165, 1.54) is 7.11 Å². The van der Waals surface area contributed by atoms with E-state index >= 15 is 0 Å². The molecule has 2 aliphatic heterocycles. The second kappa shape index (κ2) is 7.28. The van der Waals surface area contributed by atoms with Gasteiger partial charge in [0.25, 0.3) is 0 Å². The van der Waals surface area contributed by atoms with E-state index in [1.54, 1.807) is 0 Å². The molecule has 0 spiro atoms. The summed E-state index contributed by atoms with van der Waals surface area (Å²) >= 11 is 6.15. The highest BCUT2D eigenvalue weighted by Crippen LogP contribution is 2.43. The molecular formula is C22H21ClN2O4. The third-order valence-electron chi connectivity index (χ3n) is 5.78. The molecule has 7 heteroatoms. The molecule has 2 atom stereocenters. The molecule has 0 amide bonds. The maximum atomic E-state index is 12.7. The second-order valence-electron chi connectivity index (χ2n) is 7.25. The number of para-hydroxylation sites is 1. The lowest BCUT2D eigenvalue weighted by atomic mass is 9.88. The number of hydrogen-bond donors (Lipinski definition) is 1. The fourth-order valence-electron chi connectivity index (χ4n) is 4.51. The molecule has 29 heavy (non-hydrogen) atoms. The molecular weight excluding hydrogens is 392 g/mol. The predicted octanol–water partition coefficient (Wildman–Crippen LogP) is 3.62. The van der Waals surface area contributed by atoms with Crippen molar-refractivity contribution in [1.29, 1.82) is 0 Å². The van der Waals surface area contributed by atoms with Crippen molar-refractivity contribution in [2.75, 3.05) is 26.3 Å². The van der Waals surface area contributed by atoms with Crippen molar-refractivity contribution in [2.24, 2.45) is 0 Å².